The maximum atomic E-state index is 11.0. The fraction of sp³-hybridized carbons (Fsp3) is 0.774. The summed E-state index contributed by atoms with van der Waals surface area (Å²) in [6.07, 6.45) is 56.9. The average Bonchev–Trinajstić information content (AvgIpc) is 3.22. The van der Waals surface area contributed by atoms with Crippen LogP contribution in [0, 0.1) is 0 Å². The van der Waals surface area contributed by atoms with Crippen molar-refractivity contribution in [3.8, 4) is 0 Å². The summed E-state index contributed by atoms with van der Waals surface area (Å²) < 4.78 is 0. The summed E-state index contributed by atoms with van der Waals surface area (Å²) in [5, 5.41) is 35.9. The van der Waals surface area contributed by atoms with Gasteiger partial charge in [0, 0.05) is 45.8 Å². The van der Waals surface area contributed by atoms with E-state index in [-0.39, 0.29) is 6.10 Å². The highest BCUT2D eigenvalue weighted by molar-refractivity contribution is 4.94. The molecule has 0 aliphatic carbocycles. The number of allylic oxidation sites excluding steroid dienone is 12. The molecule has 0 saturated heterocycles. The van der Waals surface area contributed by atoms with Gasteiger partial charge in [-0.15, -0.1) is 0 Å². The molecule has 3 atom stereocenters. The normalized spacial score (nSPS) is 14.4. The SMILES string of the molecule is CCCCCC/C=C\C/C=C\CCCC(O)CNCCN(C)CCN(CC(O)CCC/C=C\C/C=C\CCCCCC)CC(O)CCC/C=C\C/C=C\CCCCCC. The molecule has 0 heterocycles. The number of hydrogen-bond acceptors (Lipinski definition) is 6. The number of nitrogens with zero attached hydrogens (tertiary/aromatic N) is 2. The molecule has 0 spiro atoms. The molecule has 0 saturated carbocycles. The first-order valence-electron chi connectivity index (χ1n) is 25.0. The van der Waals surface area contributed by atoms with Crippen LogP contribution in [0.2, 0.25) is 0 Å². The molecular formula is C53H99N3O3. The van der Waals surface area contributed by atoms with E-state index in [1.54, 1.807) is 0 Å². The molecule has 0 rings (SSSR count). The molecule has 6 nitrogen and oxygen atoms in total. The van der Waals surface area contributed by atoms with E-state index in [1.807, 2.05) is 0 Å². The first-order chi connectivity index (χ1) is 28.9. The lowest BCUT2D eigenvalue weighted by Gasteiger charge is -2.29. The fourth-order valence-electron chi connectivity index (χ4n) is 7.10. The number of hydrogen-bond donors (Lipinski definition) is 4. The Morgan fingerprint density at radius 3 is 1.14 bits per heavy atom. The van der Waals surface area contributed by atoms with E-state index in [2.05, 4.69) is 116 Å². The Morgan fingerprint density at radius 1 is 0.407 bits per heavy atom. The summed E-state index contributed by atoms with van der Waals surface area (Å²) in [6.45, 7) is 12.0. The molecule has 0 aromatic rings. The van der Waals surface area contributed by atoms with Gasteiger partial charge in [-0.2, -0.15) is 0 Å². The number of aliphatic hydroxyl groups excluding tert-OH is 3. The number of unbranched alkanes of at least 4 members (excludes halogenated alkanes) is 15. The van der Waals surface area contributed by atoms with Crippen molar-refractivity contribution in [3.63, 3.8) is 0 Å². The van der Waals surface area contributed by atoms with Crippen LogP contribution < -0.4 is 5.32 Å². The Morgan fingerprint density at radius 2 is 0.763 bits per heavy atom. The van der Waals surface area contributed by atoms with Crippen molar-refractivity contribution in [3.05, 3.63) is 72.9 Å². The second kappa shape index (κ2) is 47.3. The van der Waals surface area contributed by atoms with Crippen LogP contribution in [0.5, 0.6) is 0 Å². The lowest BCUT2D eigenvalue weighted by atomic mass is 10.1. The molecule has 0 fully saturated rings. The highest BCUT2D eigenvalue weighted by Crippen LogP contribution is 2.11. The average molecular weight is 826 g/mol. The Kier molecular flexibility index (Phi) is 45.8. The summed E-state index contributed by atoms with van der Waals surface area (Å²) in [6, 6.07) is 0. The Bertz CT molecular complexity index is 973. The zero-order chi connectivity index (χ0) is 43.1. The molecule has 6 heteroatoms. The summed E-state index contributed by atoms with van der Waals surface area (Å²) in [7, 11) is 2.14. The second-order valence-corrected chi connectivity index (χ2v) is 17.1. The number of rotatable bonds is 45. The van der Waals surface area contributed by atoms with Crippen LogP contribution in [0.25, 0.3) is 0 Å². The van der Waals surface area contributed by atoms with Crippen LogP contribution in [0.1, 0.15) is 194 Å². The van der Waals surface area contributed by atoms with Gasteiger partial charge in [-0.05, 0) is 123 Å². The maximum Gasteiger partial charge on any atom is 0.0667 e. The summed E-state index contributed by atoms with van der Waals surface area (Å²) in [4.78, 5) is 4.58. The molecule has 59 heavy (non-hydrogen) atoms. The molecule has 0 aromatic carbocycles. The van der Waals surface area contributed by atoms with Crippen molar-refractivity contribution in [2.75, 3.05) is 52.9 Å². The third kappa shape index (κ3) is 45.6. The molecule has 344 valence electrons. The Balaban J connectivity index is 4.56. The minimum Gasteiger partial charge on any atom is -0.392 e. The van der Waals surface area contributed by atoms with E-state index in [1.165, 1.54) is 96.3 Å². The highest BCUT2D eigenvalue weighted by Gasteiger charge is 2.16. The monoisotopic (exact) mass is 826 g/mol. The van der Waals surface area contributed by atoms with Crippen molar-refractivity contribution in [2.24, 2.45) is 0 Å². The smallest absolute Gasteiger partial charge is 0.0667 e. The zero-order valence-electron chi connectivity index (χ0n) is 39.4. The molecule has 0 bridgehead atoms. The predicted octanol–water partition coefficient (Wildman–Crippen LogP) is 12.8. The molecule has 0 aliphatic rings. The van der Waals surface area contributed by atoms with Gasteiger partial charge in [0.05, 0.1) is 18.3 Å². The maximum absolute atomic E-state index is 11.0. The summed E-state index contributed by atoms with van der Waals surface area (Å²) >= 11 is 0. The van der Waals surface area contributed by atoms with Gasteiger partial charge in [0.1, 0.15) is 0 Å². The Hall–Kier alpha value is -1.80. The fourth-order valence-corrected chi connectivity index (χ4v) is 7.10. The molecule has 3 unspecified atom stereocenters. The van der Waals surface area contributed by atoms with Gasteiger partial charge < -0.3 is 25.5 Å². The summed E-state index contributed by atoms with van der Waals surface area (Å²) in [5.41, 5.74) is 0. The Labute approximate surface area is 367 Å². The van der Waals surface area contributed by atoms with Crippen LogP contribution in [0.15, 0.2) is 72.9 Å². The quantitative estimate of drug-likeness (QED) is 0.0362. The molecule has 0 radical (unpaired) electrons. The van der Waals surface area contributed by atoms with Gasteiger partial charge in [-0.1, -0.05) is 151 Å². The second-order valence-electron chi connectivity index (χ2n) is 17.1. The third-order valence-electron chi connectivity index (χ3n) is 11.0. The number of likely N-dealkylation sites (N-methyl/N-ethyl adjacent to an activating group) is 1. The van der Waals surface area contributed by atoms with E-state index in [9.17, 15) is 15.3 Å². The van der Waals surface area contributed by atoms with Gasteiger partial charge in [-0.25, -0.2) is 0 Å². The lowest BCUT2D eigenvalue weighted by molar-refractivity contribution is 0.0571. The molecule has 0 aliphatic heterocycles. The van der Waals surface area contributed by atoms with Gasteiger partial charge in [-0.3, -0.25) is 4.90 Å². The third-order valence-corrected chi connectivity index (χ3v) is 11.0. The topological polar surface area (TPSA) is 79.2 Å². The molecular weight excluding hydrogens is 727 g/mol. The minimum atomic E-state index is -0.396. The van der Waals surface area contributed by atoms with Crippen molar-refractivity contribution in [1.82, 2.24) is 15.1 Å². The van der Waals surface area contributed by atoms with Crippen molar-refractivity contribution in [1.29, 1.82) is 0 Å². The first-order valence-corrected chi connectivity index (χ1v) is 25.0. The highest BCUT2D eigenvalue weighted by atomic mass is 16.3. The number of aliphatic hydroxyl groups is 3. The summed E-state index contributed by atoms with van der Waals surface area (Å²) in [5.74, 6) is 0. The van der Waals surface area contributed by atoms with E-state index in [4.69, 9.17) is 0 Å². The first kappa shape index (κ1) is 57.2. The predicted molar refractivity (Wildman–Crippen MR) is 261 cm³/mol. The van der Waals surface area contributed by atoms with E-state index in [0.29, 0.717) is 19.6 Å². The van der Waals surface area contributed by atoms with Crippen molar-refractivity contribution < 1.29 is 15.3 Å². The van der Waals surface area contributed by atoms with E-state index >= 15 is 0 Å². The molecule has 0 amide bonds. The standard InChI is InChI=1S/C53H99N3O3/c1-5-8-11-14-17-20-23-26-29-32-35-38-41-51(57)48-54-44-45-55(4)46-47-56(49-52(58)42-39-36-33-30-27-24-21-18-15-12-9-6-2)50-53(59)43-40-37-34-31-28-25-22-19-16-13-10-7-3/h20-25,29-34,51-54,57-59H,5-19,26-28,35-50H2,1-4H3/b23-20-,24-21-,25-22-,32-29-,33-30-,34-31-. The van der Waals surface area contributed by atoms with Crippen LogP contribution in [-0.4, -0.2) is 96.3 Å². The van der Waals surface area contributed by atoms with Crippen molar-refractivity contribution >= 4 is 0 Å². The van der Waals surface area contributed by atoms with Gasteiger partial charge in [0.25, 0.3) is 0 Å². The van der Waals surface area contributed by atoms with Crippen molar-refractivity contribution in [2.45, 2.75) is 212 Å². The van der Waals surface area contributed by atoms with Crippen LogP contribution in [0.3, 0.4) is 0 Å². The van der Waals surface area contributed by atoms with Crippen LogP contribution in [0.4, 0.5) is 0 Å². The minimum absolute atomic E-state index is 0.315. The van der Waals surface area contributed by atoms with Gasteiger partial charge in [0.2, 0.25) is 0 Å². The van der Waals surface area contributed by atoms with E-state index < -0.39 is 12.2 Å². The lowest BCUT2D eigenvalue weighted by Crippen LogP contribution is -2.43. The van der Waals surface area contributed by atoms with Gasteiger partial charge >= 0.3 is 0 Å². The largest absolute Gasteiger partial charge is 0.392 e. The molecule has 0 aromatic heterocycles. The number of nitrogens with one attached hydrogen (secondary N) is 1. The van der Waals surface area contributed by atoms with Gasteiger partial charge in [0.15, 0.2) is 0 Å². The molecule has 4 N–H and O–H groups in total. The van der Waals surface area contributed by atoms with Crippen LogP contribution >= 0.6 is 0 Å². The van der Waals surface area contributed by atoms with Crippen LogP contribution in [-0.2, 0) is 0 Å². The zero-order valence-corrected chi connectivity index (χ0v) is 39.4. The van der Waals surface area contributed by atoms with E-state index in [0.717, 1.165) is 103 Å².